The van der Waals surface area contributed by atoms with Crippen LogP contribution in [0.1, 0.15) is 5.69 Å². The monoisotopic (exact) mass is 295 g/mol. The molecule has 108 valence electrons. The summed E-state index contributed by atoms with van der Waals surface area (Å²) in [6.45, 7) is 1.88. The van der Waals surface area contributed by atoms with E-state index in [-0.39, 0.29) is 5.56 Å². The van der Waals surface area contributed by atoms with Crippen molar-refractivity contribution in [2.24, 2.45) is 0 Å². The lowest BCUT2D eigenvalue weighted by Gasteiger charge is -2.01. The lowest BCUT2D eigenvalue weighted by atomic mass is 10.3. The molecule has 0 N–H and O–H groups in total. The number of hydrogen-bond donors (Lipinski definition) is 0. The fraction of sp³-hybridized carbons (Fsp3) is 0.0667. The van der Waals surface area contributed by atoms with Gasteiger partial charge in [-0.2, -0.15) is 0 Å². The first kappa shape index (κ1) is 12.6. The standard InChI is InChI=1S/C15H10FN5O/c1-9-6-20-8-12(19-14(20)5-17-9)11-4-15(22)21-7-10(16)2-3-13(21)18-11/h2-8H,1H3. The summed E-state index contributed by atoms with van der Waals surface area (Å²) in [7, 11) is 0. The van der Waals surface area contributed by atoms with Gasteiger partial charge >= 0.3 is 0 Å². The molecule has 4 heterocycles. The highest BCUT2D eigenvalue weighted by Crippen LogP contribution is 2.16. The minimum Gasteiger partial charge on any atom is -0.303 e. The van der Waals surface area contributed by atoms with Crippen molar-refractivity contribution in [3.05, 3.63) is 64.9 Å². The fourth-order valence-electron chi connectivity index (χ4n) is 2.33. The largest absolute Gasteiger partial charge is 0.303 e. The van der Waals surface area contributed by atoms with E-state index in [1.165, 1.54) is 22.6 Å². The molecule has 4 aromatic heterocycles. The van der Waals surface area contributed by atoms with Crippen LogP contribution in [0.4, 0.5) is 4.39 Å². The van der Waals surface area contributed by atoms with Crippen LogP contribution in [0, 0.1) is 12.7 Å². The van der Waals surface area contributed by atoms with Crippen LogP contribution in [0.5, 0.6) is 0 Å². The van der Waals surface area contributed by atoms with Crippen LogP contribution in [0.15, 0.2) is 47.8 Å². The van der Waals surface area contributed by atoms with Gasteiger partial charge in [0.2, 0.25) is 0 Å². The van der Waals surface area contributed by atoms with E-state index >= 15 is 0 Å². The first-order chi connectivity index (χ1) is 10.6. The summed E-state index contributed by atoms with van der Waals surface area (Å²) >= 11 is 0. The number of aromatic nitrogens is 5. The van der Waals surface area contributed by atoms with Crippen molar-refractivity contribution in [1.29, 1.82) is 0 Å². The number of aryl methyl sites for hydroxylation is 1. The SMILES string of the molecule is Cc1cn2cc(-c3cc(=O)n4cc(F)ccc4n3)nc2cn1. The summed E-state index contributed by atoms with van der Waals surface area (Å²) in [5.41, 5.74) is 2.55. The van der Waals surface area contributed by atoms with Gasteiger partial charge in [-0.15, -0.1) is 0 Å². The number of rotatable bonds is 1. The maximum atomic E-state index is 13.2. The molecule has 0 spiro atoms. The van der Waals surface area contributed by atoms with Crippen LogP contribution in [-0.4, -0.2) is 23.8 Å². The first-order valence-electron chi connectivity index (χ1n) is 6.61. The number of fused-ring (bicyclic) bond motifs is 2. The molecule has 0 saturated carbocycles. The molecule has 0 unspecified atom stereocenters. The zero-order chi connectivity index (χ0) is 15.3. The Balaban J connectivity index is 1.95. The van der Waals surface area contributed by atoms with Crippen molar-refractivity contribution in [1.82, 2.24) is 23.8 Å². The Morgan fingerprint density at radius 2 is 1.86 bits per heavy atom. The van der Waals surface area contributed by atoms with Gasteiger partial charge in [-0.1, -0.05) is 0 Å². The van der Waals surface area contributed by atoms with Gasteiger partial charge < -0.3 is 4.40 Å². The van der Waals surface area contributed by atoms with Crippen LogP contribution in [0.3, 0.4) is 0 Å². The molecule has 0 radical (unpaired) electrons. The molecule has 0 aliphatic carbocycles. The summed E-state index contributed by atoms with van der Waals surface area (Å²) in [4.78, 5) is 25.1. The van der Waals surface area contributed by atoms with E-state index in [2.05, 4.69) is 15.0 Å². The average molecular weight is 295 g/mol. The van der Waals surface area contributed by atoms with E-state index < -0.39 is 5.82 Å². The molecule has 0 amide bonds. The van der Waals surface area contributed by atoms with Gasteiger partial charge in [0.1, 0.15) is 17.2 Å². The topological polar surface area (TPSA) is 64.6 Å². The number of pyridine rings is 1. The van der Waals surface area contributed by atoms with Crippen LogP contribution in [0.25, 0.3) is 22.7 Å². The third kappa shape index (κ3) is 1.95. The van der Waals surface area contributed by atoms with Crippen molar-refractivity contribution in [2.75, 3.05) is 0 Å². The molecule has 4 rings (SSSR count). The molecule has 0 atom stereocenters. The number of halogens is 1. The second kappa shape index (κ2) is 4.45. The summed E-state index contributed by atoms with van der Waals surface area (Å²) < 4.78 is 16.2. The summed E-state index contributed by atoms with van der Waals surface area (Å²) in [6.07, 6.45) is 6.40. The lowest BCUT2D eigenvalue weighted by Crippen LogP contribution is -2.14. The number of imidazole rings is 1. The summed E-state index contributed by atoms with van der Waals surface area (Å²) in [5, 5.41) is 0. The van der Waals surface area contributed by atoms with Crippen molar-refractivity contribution < 1.29 is 4.39 Å². The molecule has 22 heavy (non-hydrogen) atoms. The third-order valence-corrected chi connectivity index (χ3v) is 3.36. The molecule has 0 aromatic carbocycles. The van der Waals surface area contributed by atoms with E-state index in [4.69, 9.17) is 0 Å². The lowest BCUT2D eigenvalue weighted by molar-refractivity contribution is 0.617. The predicted molar refractivity (Wildman–Crippen MR) is 78.1 cm³/mol. The molecule has 0 aliphatic rings. The van der Waals surface area contributed by atoms with Crippen LogP contribution in [-0.2, 0) is 0 Å². The zero-order valence-electron chi connectivity index (χ0n) is 11.6. The Hall–Kier alpha value is -3.09. The highest BCUT2D eigenvalue weighted by atomic mass is 19.1. The van der Waals surface area contributed by atoms with Crippen molar-refractivity contribution in [3.8, 4) is 11.4 Å². The highest BCUT2D eigenvalue weighted by molar-refractivity contribution is 5.60. The molecule has 7 heteroatoms. The predicted octanol–water partition coefficient (Wildman–Crippen LogP) is 1.85. The Bertz CT molecular complexity index is 1080. The average Bonchev–Trinajstić information content (AvgIpc) is 2.91. The molecule has 0 bridgehead atoms. The van der Waals surface area contributed by atoms with Gasteiger partial charge in [0, 0.05) is 24.7 Å². The molecule has 6 nitrogen and oxygen atoms in total. The van der Waals surface area contributed by atoms with Gasteiger partial charge in [-0.25, -0.2) is 14.4 Å². The smallest absolute Gasteiger partial charge is 0.258 e. The van der Waals surface area contributed by atoms with Gasteiger partial charge in [0.25, 0.3) is 5.56 Å². The molecule has 4 aromatic rings. The number of hydrogen-bond acceptors (Lipinski definition) is 4. The molecule has 0 saturated heterocycles. The third-order valence-electron chi connectivity index (χ3n) is 3.36. The molecule has 0 fully saturated rings. The normalized spacial score (nSPS) is 11.4. The Morgan fingerprint density at radius 3 is 2.73 bits per heavy atom. The van der Waals surface area contributed by atoms with Crippen LogP contribution >= 0.6 is 0 Å². The maximum absolute atomic E-state index is 13.2. The highest BCUT2D eigenvalue weighted by Gasteiger charge is 2.09. The Labute approximate surface area is 123 Å². The fourth-order valence-corrected chi connectivity index (χ4v) is 2.33. The van der Waals surface area contributed by atoms with Gasteiger partial charge in [0.05, 0.1) is 17.6 Å². The van der Waals surface area contributed by atoms with Crippen LogP contribution < -0.4 is 5.56 Å². The maximum Gasteiger partial charge on any atom is 0.258 e. The van der Waals surface area contributed by atoms with Crippen LogP contribution in [0.2, 0.25) is 0 Å². The second-order valence-corrected chi connectivity index (χ2v) is 4.98. The Kier molecular flexibility index (Phi) is 2.56. The number of nitrogens with zero attached hydrogens (tertiary/aromatic N) is 5. The Morgan fingerprint density at radius 1 is 1.05 bits per heavy atom. The summed E-state index contributed by atoms with van der Waals surface area (Å²) in [5.74, 6) is -0.488. The minimum absolute atomic E-state index is 0.356. The summed E-state index contributed by atoms with van der Waals surface area (Å²) in [6, 6.07) is 4.07. The molecular formula is C15H10FN5O. The zero-order valence-corrected chi connectivity index (χ0v) is 11.6. The minimum atomic E-state index is -0.488. The van der Waals surface area contributed by atoms with Gasteiger partial charge in [-0.3, -0.25) is 14.2 Å². The van der Waals surface area contributed by atoms with Gasteiger partial charge in [-0.05, 0) is 19.1 Å². The van der Waals surface area contributed by atoms with Gasteiger partial charge in [0.15, 0.2) is 5.65 Å². The van der Waals surface area contributed by atoms with E-state index in [9.17, 15) is 9.18 Å². The van der Waals surface area contributed by atoms with Crippen molar-refractivity contribution >= 4 is 11.3 Å². The van der Waals surface area contributed by atoms with E-state index in [0.29, 0.717) is 22.7 Å². The van der Waals surface area contributed by atoms with E-state index in [1.54, 1.807) is 12.4 Å². The van der Waals surface area contributed by atoms with E-state index in [0.717, 1.165) is 11.9 Å². The second-order valence-electron chi connectivity index (χ2n) is 4.98. The quantitative estimate of drug-likeness (QED) is 0.537. The van der Waals surface area contributed by atoms with Crippen molar-refractivity contribution in [3.63, 3.8) is 0 Å². The van der Waals surface area contributed by atoms with E-state index in [1.807, 2.05) is 17.5 Å². The molecular weight excluding hydrogens is 285 g/mol. The molecule has 0 aliphatic heterocycles. The first-order valence-corrected chi connectivity index (χ1v) is 6.61. The van der Waals surface area contributed by atoms with Crippen molar-refractivity contribution in [2.45, 2.75) is 6.92 Å².